The quantitative estimate of drug-likeness (QED) is 0.858. The van der Waals surface area contributed by atoms with Crippen LogP contribution in [0.2, 0.25) is 0 Å². The van der Waals surface area contributed by atoms with Gasteiger partial charge in [-0.25, -0.2) is 13.4 Å². The number of rotatable bonds is 5. The lowest BCUT2D eigenvalue weighted by atomic mass is 10.0. The van der Waals surface area contributed by atoms with Gasteiger partial charge in [0.15, 0.2) is 15.7 Å². The van der Waals surface area contributed by atoms with Crippen LogP contribution in [-0.4, -0.2) is 38.5 Å². The van der Waals surface area contributed by atoms with Crippen molar-refractivity contribution in [2.75, 3.05) is 25.1 Å². The molecule has 0 bridgehead atoms. The van der Waals surface area contributed by atoms with E-state index in [9.17, 15) is 8.42 Å². The van der Waals surface area contributed by atoms with Gasteiger partial charge in [0, 0.05) is 19.4 Å². The van der Waals surface area contributed by atoms with Crippen LogP contribution in [0.15, 0.2) is 10.6 Å². The van der Waals surface area contributed by atoms with Crippen molar-refractivity contribution in [1.82, 2.24) is 10.3 Å². The van der Waals surface area contributed by atoms with E-state index in [1.807, 2.05) is 7.05 Å². The Bertz CT molecular complexity index is 481. The van der Waals surface area contributed by atoms with Gasteiger partial charge in [0.2, 0.25) is 0 Å². The summed E-state index contributed by atoms with van der Waals surface area (Å²) >= 11 is 0. The zero-order valence-corrected chi connectivity index (χ0v) is 11.5. The third kappa shape index (κ3) is 3.81. The minimum absolute atomic E-state index is 0.166. The van der Waals surface area contributed by atoms with Crippen LogP contribution in [0, 0.1) is 5.92 Å². The first-order valence-electron chi connectivity index (χ1n) is 6.37. The standard InChI is InChI=1S/C12H20N2O3S/c1-13-5-4-11-8-14-12(17-11)7-10-3-2-6-18(15,16)9-10/h8,10,13H,2-7,9H2,1H3. The molecular formula is C12H20N2O3S. The molecule has 2 rings (SSSR count). The monoisotopic (exact) mass is 272 g/mol. The summed E-state index contributed by atoms with van der Waals surface area (Å²) in [6.45, 7) is 0.854. The molecule has 1 aromatic rings. The number of aromatic nitrogens is 1. The summed E-state index contributed by atoms with van der Waals surface area (Å²) in [5.41, 5.74) is 0. The molecule has 1 atom stereocenters. The highest BCUT2D eigenvalue weighted by atomic mass is 32.2. The highest BCUT2D eigenvalue weighted by Gasteiger charge is 2.26. The van der Waals surface area contributed by atoms with Gasteiger partial charge in [0.05, 0.1) is 17.7 Å². The van der Waals surface area contributed by atoms with E-state index in [-0.39, 0.29) is 11.7 Å². The molecule has 18 heavy (non-hydrogen) atoms. The number of hydrogen-bond donors (Lipinski definition) is 1. The van der Waals surface area contributed by atoms with E-state index in [4.69, 9.17) is 4.42 Å². The van der Waals surface area contributed by atoms with Gasteiger partial charge in [0.25, 0.3) is 0 Å². The molecule has 0 spiro atoms. The average Bonchev–Trinajstić information content (AvgIpc) is 2.73. The Kier molecular flexibility index (Phi) is 4.40. The fourth-order valence-corrected chi connectivity index (χ4v) is 4.11. The van der Waals surface area contributed by atoms with Gasteiger partial charge in [-0.2, -0.15) is 0 Å². The maximum absolute atomic E-state index is 11.5. The van der Waals surface area contributed by atoms with E-state index in [1.165, 1.54) is 0 Å². The molecule has 0 saturated carbocycles. The normalized spacial score (nSPS) is 23.1. The number of sulfone groups is 1. The van der Waals surface area contributed by atoms with Crippen molar-refractivity contribution < 1.29 is 12.8 Å². The van der Waals surface area contributed by atoms with E-state index in [0.29, 0.717) is 18.1 Å². The zero-order chi connectivity index (χ0) is 13.0. The first kappa shape index (κ1) is 13.5. The average molecular weight is 272 g/mol. The van der Waals surface area contributed by atoms with Gasteiger partial charge in [-0.15, -0.1) is 0 Å². The summed E-state index contributed by atoms with van der Waals surface area (Å²) in [7, 11) is -0.946. The van der Waals surface area contributed by atoms with E-state index in [2.05, 4.69) is 10.3 Å². The Balaban J connectivity index is 1.91. The van der Waals surface area contributed by atoms with Crippen LogP contribution in [0.3, 0.4) is 0 Å². The maximum Gasteiger partial charge on any atom is 0.194 e. The van der Waals surface area contributed by atoms with Gasteiger partial charge in [-0.1, -0.05) is 0 Å². The molecule has 1 saturated heterocycles. The number of likely N-dealkylation sites (N-methyl/N-ethyl adjacent to an activating group) is 1. The minimum Gasteiger partial charge on any atom is -0.446 e. The van der Waals surface area contributed by atoms with E-state index >= 15 is 0 Å². The molecule has 1 aliphatic heterocycles. The van der Waals surface area contributed by atoms with Crippen LogP contribution >= 0.6 is 0 Å². The minimum atomic E-state index is -2.84. The summed E-state index contributed by atoms with van der Waals surface area (Å²) in [4.78, 5) is 4.22. The number of nitrogens with zero attached hydrogens (tertiary/aromatic N) is 1. The summed E-state index contributed by atoms with van der Waals surface area (Å²) in [5.74, 6) is 2.31. The Morgan fingerprint density at radius 2 is 2.39 bits per heavy atom. The van der Waals surface area contributed by atoms with Crippen molar-refractivity contribution in [3.05, 3.63) is 17.8 Å². The molecule has 5 nitrogen and oxygen atoms in total. The zero-order valence-electron chi connectivity index (χ0n) is 10.7. The lowest BCUT2D eigenvalue weighted by molar-refractivity contribution is 0.398. The Hall–Kier alpha value is -0.880. The third-order valence-corrected chi connectivity index (χ3v) is 5.13. The van der Waals surface area contributed by atoms with Crippen molar-refractivity contribution in [3.63, 3.8) is 0 Å². The first-order chi connectivity index (χ1) is 8.59. The largest absolute Gasteiger partial charge is 0.446 e. The van der Waals surface area contributed by atoms with Crippen LogP contribution in [0.25, 0.3) is 0 Å². The van der Waals surface area contributed by atoms with Gasteiger partial charge in [0.1, 0.15) is 5.76 Å². The van der Waals surface area contributed by atoms with Crippen LogP contribution in [0.5, 0.6) is 0 Å². The summed E-state index contributed by atoms with van der Waals surface area (Å²) < 4.78 is 28.7. The van der Waals surface area contributed by atoms with Crippen LogP contribution < -0.4 is 5.32 Å². The first-order valence-corrected chi connectivity index (χ1v) is 8.20. The highest BCUT2D eigenvalue weighted by molar-refractivity contribution is 7.91. The second kappa shape index (κ2) is 5.84. The molecule has 1 fully saturated rings. The highest BCUT2D eigenvalue weighted by Crippen LogP contribution is 2.22. The number of nitrogens with one attached hydrogen (secondary N) is 1. The maximum atomic E-state index is 11.5. The van der Waals surface area contributed by atoms with Crippen LogP contribution in [0.4, 0.5) is 0 Å². The van der Waals surface area contributed by atoms with E-state index < -0.39 is 9.84 Å². The molecule has 1 aromatic heterocycles. The van der Waals surface area contributed by atoms with Gasteiger partial charge in [-0.05, 0) is 25.8 Å². The molecule has 0 aliphatic carbocycles. The summed E-state index contributed by atoms with van der Waals surface area (Å²) in [6.07, 6.45) is 4.91. The van der Waals surface area contributed by atoms with Crippen molar-refractivity contribution in [1.29, 1.82) is 0 Å². The lowest BCUT2D eigenvalue weighted by Gasteiger charge is -2.20. The predicted molar refractivity (Wildman–Crippen MR) is 69.2 cm³/mol. The van der Waals surface area contributed by atoms with Crippen molar-refractivity contribution >= 4 is 9.84 Å². The predicted octanol–water partition coefficient (Wildman–Crippen LogP) is 0.804. The molecule has 2 heterocycles. The molecule has 0 radical (unpaired) electrons. The molecule has 1 N–H and O–H groups in total. The Labute approximate surface area is 108 Å². The summed E-state index contributed by atoms with van der Waals surface area (Å²) in [5, 5.41) is 3.05. The van der Waals surface area contributed by atoms with Crippen molar-refractivity contribution in [2.24, 2.45) is 5.92 Å². The second-order valence-electron chi connectivity index (χ2n) is 4.90. The topological polar surface area (TPSA) is 72.2 Å². The van der Waals surface area contributed by atoms with Gasteiger partial charge in [-0.3, -0.25) is 0 Å². The van der Waals surface area contributed by atoms with Gasteiger partial charge >= 0.3 is 0 Å². The Morgan fingerprint density at radius 1 is 1.56 bits per heavy atom. The summed E-state index contributed by atoms with van der Waals surface area (Å²) in [6, 6.07) is 0. The van der Waals surface area contributed by atoms with E-state index in [0.717, 1.165) is 31.6 Å². The number of hydrogen-bond acceptors (Lipinski definition) is 5. The molecule has 1 aliphatic rings. The number of oxazole rings is 1. The second-order valence-corrected chi connectivity index (χ2v) is 7.13. The molecule has 0 amide bonds. The molecule has 6 heteroatoms. The van der Waals surface area contributed by atoms with E-state index in [1.54, 1.807) is 6.20 Å². The van der Waals surface area contributed by atoms with Gasteiger partial charge < -0.3 is 9.73 Å². The Morgan fingerprint density at radius 3 is 3.11 bits per heavy atom. The smallest absolute Gasteiger partial charge is 0.194 e. The van der Waals surface area contributed by atoms with Crippen molar-refractivity contribution in [2.45, 2.75) is 25.7 Å². The fourth-order valence-electron chi connectivity index (χ4n) is 2.33. The molecule has 1 unspecified atom stereocenters. The van der Waals surface area contributed by atoms with Crippen LogP contribution in [-0.2, 0) is 22.7 Å². The molecule has 102 valence electrons. The SMILES string of the molecule is CNCCc1cnc(CC2CCCS(=O)(=O)C2)o1. The lowest BCUT2D eigenvalue weighted by Crippen LogP contribution is -2.26. The van der Waals surface area contributed by atoms with Crippen LogP contribution in [0.1, 0.15) is 24.5 Å². The third-order valence-electron chi connectivity index (χ3n) is 3.24. The molecular weight excluding hydrogens is 252 g/mol. The molecule has 0 aromatic carbocycles. The fraction of sp³-hybridized carbons (Fsp3) is 0.750. The van der Waals surface area contributed by atoms with Crippen molar-refractivity contribution in [3.8, 4) is 0 Å².